The van der Waals surface area contributed by atoms with Crippen LogP contribution in [0.2, 0.25) is 0 Å². The predicted octanol–water partition coefficient (Wildman–Crippen LogP) is 2.37. The van der Waals surface area contributed by atoms with Gasteiger partial charge in [-0.05, 0) is 16.7 Å². The Morgan fingerprint density at radius 2 is 0.906 bits per heavy atom. The molecule has 168 valence electrons. The number of carbonyl (C=O) groups is 2. The molecule has 0 saturated heterocycles. The van der Waals surface area contributed by atoms with E-state index in [-0.39, 0.29) is 19.8 Å². The lowest BCUT2D eigenvalue weighted by Crippen LogP contribution is -2.41. The Bertz CT molecular complexity index is 871. The maximum Gasteiger partial charge on any atom is 0.338 e. The zero-order chi connectivity index (χ0) is 23.2. The number of hydrogen-bond acceptors (Lipinski definition) is 7. The molecule has 0 amide bonds. The summed E-state index contributed by atoms with van der Waals surface area (Å²) in [6, 6.07) is 27.2. The van der Waals surface area contributed by atoms with Gasteiger partial charge in [-0.3, -0.25) is 0 Å². The zero-order valence-corrected chi connectivity index (χ0v) is 17.4. The molecule has 0 spiro atoms. The van der Waals surface area contributed by atoms with Crippen LogP contribution in [0.15, 0.2) is 91.0 Å². The third-order valence-corrected chi connectivity index (χ3v) is 4.26. The van der Waals surface area contributed by atoms with Gasteiger partial charge in [0.25, 0.3) is 0 Å². The van der Waals surface area contributed by atoms with E-state index in [2.05, 4.69) is 0 Å². The van der Waals surface area contributed by atoms with E-state index in [0.717, 1.165) is 16.7 Å². The molecule has 7 nitrogen and oxygen atoms in total. The molecule has 2 atom stereocenters. The Kier molecular flexibility index (Phi) is 10.6. The van der Waals surface area contributed by atoms with Crippen molar-refractivity contribution < 1.29 is 34.4 Å². The lowest BCUT2D eigenvalue weighted by molar-refractivity contribution is -0.174. The van der Waals surface area contributed by atoms with Crippen LogP contribution >= 0.6 is 0 Å². The fourth-order valence-electron chi connectivity index (χ4n) is 2.47. The lowest BCUT2D eigenvalue weighted by atomic mass is 10.2. The largest absolute Gasteiger partial charge is 0.459 e. The fourth-order valence-corrected chi connectivity index (χ4v) is 2.47. The minimum Gasteiger partial charge on any atom is -0.459 e. The first-order chi connectivity index (χ1) is 15.5. The number of esters is 2. The van der Waals surface area contributed by atoms with Gasteiger partial charge < -0.3 is 24.8 Å². The smallest absolute Gasteiger partial charge is 0.338 e. The van der Waals surface area contributed by atoms with Gasteiger partial charge in [-0.25, -0.2) is 9.59 Å². The Hall–Kier alpha value is -3.52. The molecule has 0 aromatic heterocycles. The molecule has 2 unspecified atom stereocenters. The summed E-state index contributed by atoms with van der Waals surface area (Å²) in [6.07, 6.45) is -4.01. The molecule has 0 heterocycles. The summed E-state index contributed by atoms with van der Waals surface area (Å²) in [5.74, 6) is -2.19. The monoisotopic (exact) mass is 438 g/mol. The van der Waals surface area contributed by atoms with Gasteiger partial charge in [0, 0.05) is 0 Å². The third kappa shape index (κ3) is 8.69. The minimum absolute atomic E-state index is 0.0669. The standard InChI is InChI=1S/C18H18O6.C7H8O/c19-15(17(21)23-11-13-7-3-1-4-8-13)16(20)18(22)24-12-14-9-5-2-6-10-14;8-6-7-4-2-1-3-5-7/h1-10,15-16,19-20H,11-12H2;1-5,8H,6H2. The van der Waals surface area contributed by atoms with Gasteiger partial charge in [-0.2, -0.15) is 0 Å². The first kappa shape index (κ1) is 24.7. The first-order valence-electron chi connectivity index (χ1n) is 9.93. The Balaban J connectivity index is 0.000000380. The SMILES string of the molecule is O=C(OCc1ccccc1)C(O)C(O)C(=O)OCc1ccccc1.OCc1ccccc1. The number of aliphatic hydroxyl groups is 3. The van der Waals surface area contributed by atoms with Crippen molar-refractivity contribution in [3.8, 4) is 0 Å². The van der Waals surface area contributed by atoms with Gasteiger partial charge in [0.15, 0.2) is 12.2 Å². The topological polar surface area (TPSA) is 113 Å². The quantitative estimate of drug-likeness (QED) is 0.463. The second kappa shape index (κ2) is 13.7. The number of ether oxygens (including phenoxy) is 2. The zero-order valence-electron chi connectivity index (χ0n) is 17.4. The minimum atomic E-state index is -2.00. The molecular weight excluding hydrogens is 412 g/mol. The molecule has 0 fully saturated rings. The Morgan fingerprint density at radius 1 is 0.594 bits per heavy atom. The molecule has 3 rings (SSSR count). The maximum absolute atomic E-state index is 11.7. The first-order valence-corrected chi connectivity index (χ1v) is 9.93. The van der Waals surface area contributed by atoms with Crippen LogP contribution in [0, 0.1) is 0 Å². The molecule has 3 N–H and O–H groups in total. The highest BCUT2D eigenvalue weighted by atomic mass is 16.6. The molecule has 32 heavy (non-hydrogen) atoms. The van der Waals surface area contributed by atoms with Crippen molar-refractivity contribution >= 4 is 11.9 Å². The van der Waals surface area contributed by atoms with E-state index in [1.807, 2.05) is 42.5 Å². The second-order valence-electron chi connectivity index (χ2n) is 6.72. The van der Waals surface area contributed by atoms with Crippen molar-refractivity contribution in [2.24, 2.45) is 0 Å². The number of rotatable bonds is 8. The highest BCUT2D eigenvalue weighted by Crippen LogP contribution is 2.07. The summed E-state index contributed by atoms with van der Waals surface area (Å²) in [7, 11) is 0. The van der Waals surface area contributed by atoms with Crippen LogP contribution in [-0.2, 0) is 38.9 Å². The molecule has 7 heteroatoms. The van der Waals surface area contributed by atoms with Gasteiger partial charge in [-0.15, -0.1) is 0 Å². The molecule has 0 saturated carbocycles. The number of carbonyl (C=O) groups excluding carboxylic acids is 2. The van der Waals surface area contributed by atoms with E-state index in [4.69, 9.17) is 14.6 Å². The van der Waals surface area contributed by atoms with Crippen LogP contribution in [0.1, 0.15) is 16.7 Å². The van der Waals surface area contributed by atoms with Crippen LogP contribution in [0.25, 0.3) is 0 Å². The van der Waals surface area contributed by atoms with E-state index in [9.17, 15) is 19.8 Å². The molecular formula is C25H26O7. The Labute approximate surface area is 186 Å². The van der Waals surface area contributed by atoms with Crippen molar-refractivity contribution in [2.75, 3.05) is 0 Å². The fraction of sp³-hybridized carbons (Fsp3) is 0.200. The summed E-state index contributed by atoms with van der Waals surface area (Å²) in [5.41, 5.74) is 2.41. The van der Waals surface area contributed by atoms with Crippen LogP contribution in [-0.4, -0.2) is 39.5 Å². The molecule has 3 aromatic carbocycles. The average Bonchev–Trinajstić information content (AvgIpc) is 2.87. The summed E-state index contributed by atoms with van der Waals surface area (Å²) in [5, 5.41) is 28.0. The average molecular weight is 438 g/mol. The summed E-state index contributed by atoms with van der Waals surface area (Å²) < 4.78 is 9.73. The highest BCUT2D eigenvalue weighted by molar-refractivity contribution is 5.85. The number of aliphatic hydroxyl groups excluding tert-OH is 3. The van der Waals surface area contributed by atoms with E-state index in [0.29, 0.717) is 0 Å². The van der Waals surface area contributed by atoms with E-state index in [1.165, 1.54) is 0 Å². The molecule has 3 aromatic rings. The van der Waals surface area contributed by atoms with E-state index >= 15 is 0 Å². The molecule has 0 aliphatic heterocycles. The molecule has 0 aliphatic carbocycles. The van der Waals surface area contributed by atoms with Gasteiger partial charge in [0.2, 0.25) is 0 Å². The van der Waals surface area contributed by atoms with Gasteiger partial charge in [0.1, 0.15) is 13.2 Å². The molecule has 0 aliphatic rings. The van der Waals surface area contributed by atoms with Crippen LogP contribution < -0.4 is 0 Å². The van der Waals surface area contributed by atoms with E-state index in [1.54, 1.807) is 48.5 Å². The maximum atomic E-state index is 11.7. The molecule has 0 bridgehead atoms. The van der Waals surface area contributed by atoms with Crippen LogP contribution in [0.5, 0.6) is 0 Å². The second-order valence-corrected chi connectivity index (χ2v) is 6.72. The van der Waals surface area contributed by atoms with Crippen LogP contribution in [0.4, 0.5) is 0 Å². The van der Waals surface area contributed by atoms with Gasteiger partial charge in [0.05, 0.1) is 6.61 Å². The molecule has 0 radical (unpaired) electrons. The van der Waals surface area contributed by atoms with Crippen molar-refractivity contribution in [3.63, 3.8) is 0 Å². The number of hydrogen-bond donors (Lipinski definition) is 3. The van der Waals surface area contributed by atoms with Crippen LogP contribution in [0.3, 0.4) is 0 Å². The van der Waals surface area contributed by atoms with Crippen molar-refractivity contribution in [3.05, 3.63) is 108 Å². The van der Waals surface area contributed by atoms with E-state index < -0.39 is 24.1 Å². The van der Waals surface area contributed by atoms with Gasteiger partial charge in [-0.1, -0.05) is 91.0 Å². The van der Waals surface area contributed by atoms with Crippen molar-refractivity contribution in [1.82, 2.24) is 0 Å². The van der Waals surface area contributed by atoms with Crippen molar-refractivity contribution in [1.29, 1.82) is 0 Å². The van der Waals surface area contributed by atoms with Crippen molar-refractivity contribution in [2.45, 2.75) is 32.0 Å². The normalized spacial score (nSPS) is 12.0. The predicted molar refractivity (Wildman–Crippen MR) is 117 cm³/mol. The van der Waals surface area contributed by atoms with Gasteiger partial charge >= 0.3 is 11.9 Å². The lowest BCUT2D eigenvalue weighted by Gasteiger charge is -2.16. The number of benzene rings is 3. The highest BCUT2D eigenvalue weighted by Gasteiger charge is 2.32. The Morgan fingerprint density at radius 3 is 1.19 bits per heavy atom. The summed E-state index contributed by atoms with van der Waals surface area (Å²) in [4.78, 5) is 23.4. The summed E-state index contributed by atoms with van der Waals surface area (Å²) in [6.45, 7) is 0.00583. The summed E-state index contributed by atoms with van der Waals surface area (Å²) >= 11 is 0. The third-order valence-electron chi connectivity index (χ3n) is 4.26.